The van der Waals surface area contributed by atoms with Gasteiger partial charge in [-0.1, -0.05) is 54.6 Å². The maximum Gasteiger partial charge on any atom is 0.274 e. The van der Waals surface area contributed by atoms with E-state index < -0.39 is 26.9 Å². The molecule has 0 bridgehead atoms. The second-order valence-corrected chi connectivity index (χ2v) is 8.59. The smallest absolute Gasteiger partial charge is 0.274 e. The largest absolute Gasteiger partial charge is 0.324 e. The number of carbonyl (C=O) groups is 1. The fourth-order valence-corrected chi connectivity index (χ4v) is 4.29. The number of hydrogen-bond acceptors (Lipinski definition) is 5. The van der Waals surface area contributed by atoms with Crippen LogP contribution in [0.25, 0.3) is 0 Å². The highest BCUT2D eigenvalue weighted by Crippen LogP contribution is 2.25. The summed E-state index contributed by atoms with van der Waals surface area (Å²) in [4.78, 5) is 23.7. The molecular weight excluding hydrogens is 418 g/mol. The van der Waals surface area contributed by atoms with Gasteiger partial charge >= 0.3 is 0 Å². The molecule has 1 atom stereocenters. The second kappa shape index (κ2) is 9.50. The number of amides is 1. The van der Waals surface area contributed by atoms with Crippen molar-refractivity contribution in [2.24, 2.45) is 0 Å². The molecule has 160 valence electrons. The summed E-state index contributed by atoms with van der Waals surface area (Å²) in [5.74, 6) is -0.619. The van der Waals surface area contributed by atoms with Crippen LogP contribution in [0.2, 0.25) is 0 Å². The Kier molecular flexibility index (Phi) is 6.78. The van der Waals surface area contributed by atoms with Gasteiger partial charge in [-0.05, 0) is 37.1 Å². The van der Waals surface area contributed by atoms with Crippen molar-refractivity contribution in [3.05, 3.63) is 100 Å². The zero-order valence-corrected chi connectivity index (χ0v) is 17.5. The predicted octanol–water partition coefficient (Wildman–Crippen LogP) is 3.43. The quantitative estimate of drug-likeness (QED) is 0.412. The van der Waals surface area contributed by atoms with Gasteiger partial charge in [0.05, 0.1) is 21.1 Å². The lowest BCUT2D eigenvalue weighted by Crippen LogP contribution is -2.45. The Balaban J connectivity index is 1.90. The van der Waals surface area contributed by atoms with E-state index in [1.54, 1.807) is 42.5 Å². The van der Waals surface area contributed by atoms with Gasteiger partial charge < -0.3 is 5.32 Å². The van der Waals surface area contributed by atoms with Crippen LogP contribution in [0.15, 0.2) is 83.8 Å². The zero-order chi connectivity index (χ0) is 22.4. The Hall–Kier alpha value is -3.56. The Morgan fingerprint density at radius 1 is 0.968 bits per heavy atom. The maximum absolute atomic E-state index is 13.1. The molecule has 3 aromatic carbocycles. The van der Waals surface area contributed by atoms with Crippen LogP contribution in [0.1, 0.15) is 11.1 Å². The molecule has 0 saturated heterocycles. The molecule has 0 aliphatic rings. The average Bonchev–Trinajstić information content (AvgIpc) is 2.75. The topological polar surface area (TPSA) is 118 Å². The summed E-state index contributed by atoms with van der Waals surface area (Å²) in [5.41, 5.74) is 1.15. The molecule has 0 aliphatic heterocycles. The van der Waals surface area contributed by atoms with Crippen molar-refractivity contribution < 1.29 is 18.1 Å². The number of benzene rings is 3. The van der Waals surface area contributed by atoms with Crippen molar-refractivity contribution >= 4 is 27.3 Å². The molecule has 0 aliphatic carbocycles. The summed E-state index contributed by atoms with van der Waals surface area (Å²) in [6.07, 6.45) is 0.104. The molecule has 1 amide bonds. The Morgan fingerprint density at radius 3 is 2.19 bits per heavy atom. The summed E-state index contributed by atoms with van der Waals surface area (Å²) in [6.45, 7) is 1.52. The molecular formula is C22H21N3O5S. The third kappa shape index (κ3) is 5.53. The monoisotopic (exact) mass is 439 g/mol. The van der Waals surface area contributed by atoms with Crippen molar-refractivity contribution in [1.82, 2.24) is 4.72 Å². The Morgan fingerprint density at radius 2 is 1.58 bits per heavy atom. The van der Waals surface area contributed by atoms with Crippen molar-refractivity contribution in [2.75, 3.05) is 5.32 Å². The second-order valence-electron chi connectivity index (χ2n) is 6.87. The molecule has 0 fully saturated rings. The number of anilines is 1. The highest BCUT2D eigenvalue weighted by atomic mass is 32.2. The van der Waals surface area contributed by atoms with Crippen LogP contribution in [-0.4, -0.2) is 25.3 Å². The predicted molar refractivity (Wildman–Crippen MR) is 117 cm³/mol. The van der Waals surface area contributed by atoms with Gasteiger partial charge in [0, 0.05) is 6.07 Å². The Labute approximate surface area is 180 Å². The van der Waals surface area contributed by atoms with Crippen molar-refractivity contribution in [3.8, 4) is 0 Å². The van der Waals surface area contributed by atoms with Gasteiger partial charge in [0.1, 0.15) is 6.04 Å². The summed E-state index contributed by atoms with van der Waals surface area (Å²) < 4.78 is 28.1. The first-order valence-electron chi connectivity index (χ1n) is 9.44. The number of hydrogen-bond donors (Lipinski definition) is 2. The number of sulfonamides is 1. The fourth-order valence-electron chi connectivity index (χ4n) is 3.07. The minimum atomic E-state index is -3.97. The third-order valence-corrected chi connectivity index (χ3v) is 6.20. The molecule has 0 radical (unpaired) electrons. The van der Waals surface area contributed by atoms with Crippen LogP contribution < -0.4 is 10.0 Å². The van der Waals surface area contributed by atoms with Gasteiger partial charge in [-0.15, -0.1) is 0 Å². The molecule has 0 aromatic heterocycles. The van der Waals surface area contributed by atoms with Crippen molar-refractivity contribution in [2.45, 2.75) is 24.3 Å². The molecule has 0 unspecified atom stereocenters. The van der Waals surface area contributed by atoms with E-state index in [0.29, 0.717) is 0 Å². The Bertz CT molecular complexity index is 1180. The number of nitro benzene ring substituents is 1. The molecule has 2 N–H and O–H groups in total. The van der Waals surface area contributed by atoms with Crippen LogP contribution in [0, 0.1) is 17.0 Å². The summed E-state index contributed by atoms with van der Waals surface area (Å²) in [5, 5.41) is 13.8. The van der Waals surface area contributed by atoms with E-state index in [4.69, 9.17) is 0 Å². The molecule has 0 heterocycles. The van der Waals surface area contributed by atoms with Gasteiger partial charge in [0.25, 0.3) is 5.69 Å². The minimum Gasteiger partial charge on any atom is -0.324 e. The summed E-state index contributed by atoms with van der Waals surface area (Å²) in [7, 11) is -3.97. The maximum atomic E-state index is 13.1. The fraction of sp³-hybridized carbons (Fsp3) is 0.136. The molecule has 31 heavy (non-hydrogen) atoms. The number of nitrogens with zero attached hydrogens (tertiary/aromatic N) is 1. The van der Waals surface area contributed by atoms with Gasteiger partial charge in [-0.25, -0.2) is 8.42 Å². The van der Waals surface area contributed by atoms with Crippen LogP contribution in [0.5, 0.6) is 0 Å². The van der Waals surface area contributed by atoms with E-state index >= 15 is 0 Å². The van der Waals surface area contributed by atoms with Crippen molar-refractivity contribution in [3.63, 3.8) is 0 Å². The number of carbonyl (C=O) groups excluding carboxylic acids is 1. The SMILES string of the molecule is Cc1c(NC(=O)[C@@H](Cc2ccccc2)NS(=O)(=O)c2ccccc2)cccc1[N+](=O)[O-]. The first-order valence-corrected chi connectivity index (χ1v) is 10.9. The van der Waals surface area contributed by atoms with E-state index in [1.807, 2.05) is 6.07 Å². The molecule has 3 aromatic rings. The molecule has 8 nitrogen and oxygen atoms in total. The van der Waals surface area contributed by atoms with Gasteiger partial charge in [0.15, 0.2) is 0 Å². The molecule has 9 heteroatoms. The van der Waals surface area contributed by atoms with Gasteiger partial charge in [-0.3, -0.25) is 14.9 Å². The van der Waals surface area contributed by atoms with Crippen molar-refractivity contribution in [1.29, 1.82) is 0 Å². The lowest BCUT2D eigenvalue weighted by molar-refractivity contribution is -0.385. The first kappa shape index (κ1) is 22.1. The van der Waals surface area contributed by atoms with Crippen LogP contribution >= 0.6 is 0 Å². The number of nitrogens with one attached hydrogen (secondary N) is 2. The summed E-state index contributed by atoms with van der Waals surface area (Å²) in [6, 6.07) is 19.9. The molecule has 0 spiro atoms. The van der Waals surface area contributed by atoms with Crippen LogP contribution in [0.4, 0.5) is 11.4 Å². The van der Waals surface area contributed by atoms with Gasteiger partial charge in [0.2, 0.25) is 15.9 Å². The normalized spacial score (nSPS) is 12.2. The average molecular weight is 439 g/mol. The highest BCUT2D eigenvalue weighted by molar-refractivity contribution is 7.89. The lowest BCUT2D eigenvalue weighted by atomic mass is 10.1. The number of rotatable bonds is 8. The minimum absolute atomic E-state index is 0.0346. The molecule has 3 rings (SSSR count). The highest BCUT2D eigenvalue weighted by Gasteiger charge is 2.27. The van der Waals surface area contributed by atoms with E-state index in [9.17, 15) is 23.3 Å². The lowest BCUT2D eigenvalue weighted by Gasteiger charge is -2.19. The van der Waals surface area contributed by atoms with E-state index in [0.717, 1.165) is 5.56 Å². The summed E-state index contributed by atoms with van der Waals surface area (Å²) >= 11 is 0. The standard InChI is InChI=1S/C22H21N3O5S/c1-16-19(13-8-14-21(16)25(27)28)23-22(26)20(15-17-9-4-2-5-10-17)24-31(29,30)18-11-6-3-7-12-18/h2-14,20,24H,15H2,1H3,(H,23,26)/t20-/m1/s1. The van der Waals surface area contributed by atoms with E-state index in [2.05, 4.69) is 10.0 Å². The zero-order valence-electron chi connectivity index (χ0n) is 16.7. The molecule has 0 saturated carbocycles. The van der Waals surface area contributed by atoms with Gasteiger partial charge in [-0.2, -0.15) is 4.72 Å². The van der Waals surface area contributed by atoms with E-state index in [1.165, 1.54) is 37.3 Å². The number of nitro groups is 1. The first-order chi connectivity index (χ1) is 14.8. The third-order valence-electron chi connectivity index (χ3n) is 4.71. The van der Waals surface area contributed by atoms with Crippen LogP contribution in [0.3, 0.4) is 0 Å². The van der Waals surface area contributed by atoms with Crippen LogP contribution in [-0.2, 0) is 21.2 Å². The van der Waals surface area contributed by atoms with E-state index in [-0.39, 0.29) is 28.3 Å².